The summed E-state index contributed by atoms with van der Waals surface area (Å²) in [5.74, 6) is -4.46. The summed E-state index contributed by atoms with van der Waals surface area (Å²) in [4.78, 5) is 36.6. The molecule has 0 aliphatic carbocycles. The molecule has 0 bridgehead atoms. The normalized spacial score (nSPS) is 19.3. The number of aromatic nitrogens is 1. The molecule has 0 radical (unpaired) electrons. The third-order valence-electron chi connectivity index (χ3n) is 4.87. The molecule has 3 atom stereocenters. The number of hydrogen-bond donors (Lipinski definition) is 4. The molecule has 1 aromatic heterocycles. The molecule has 2 aliphatic rings. The minimum absolute atomic E-state index is 0.353. The lowest BCUT2D eigenvalue weighted by Gasteiger charge is -2.37. The van der Waals surface area contributed by atoms with Crippen molar-refractivity contribution in [2.24, 2.45) is 0 Å². The minimum atomic E-state index is -5.08. The Morgan fingerprint density at radius 2 is 1.67 bits per heavy atom. The van der Waals surface area contributed by atoms with Gasteiger partial charge < -0.3 is 30.5 Å². The van der Waals surface area contributed by atoms with Gasteiger partial charge in [0.1, 0.15) is 11.9 Å². The molecule has 36 heavy (non-hydrogen) atoms. The number of fused-ring (bicyclic) bond motifs is 3. The summed E-state index contributed by atoms with van der Waals surface area (Å²) in [5.41, 5.74) is 2.09. The van der Waals surface area contributed by atoms with Crippen molar-refractivity contribution >= 4 is 23.8 Å². The highest BCUT2D eigenvalue weighted by Crippen LogP contribution is 2.34. The van der Waals surface area contributed by atoms with E-state index in [0.29, 0.717) is 18.6 Å². The summed E-state index contributed by atoms with van der Waals surface area (Å²) in [5, 5.41) is 20.4. The number of piperazine rings is 1. The number of anilines is 1. The first-order valence-corrected chi connectivity index (χ1v) is 10.5. The van der Waals surface area contributed by atoms with Crippen molar-refractivity contribution in [3.8, 4) is 0 Å². The van der Waals surface area contributed by atoms with Gasteiger partial charge in [0.15, 0.2) is 0 Å². The number of pyridine rings is 1. The van der Waals surface area contributed by atoms with Crippen LogP contribution in [-0.4, -0.2) is 77.3 Å². The first-order chi connectivity index (χ1) is 16.5. The lowest BCUT2D eigenvalue weighted by molar-refractivity contribution is -0.193. The maximum Gasteiger partial charge on any atom is 0.490 e. The Balaban J connectivity index is 0.000000383. The molecule has 16 heteroatoms. The number of nitrogens with one attached hydrogen (secondary N) is 2. The van der Waals surface area contributed by atoms with Crippen LogP contribution in [0.1, 0.15) is 38.1 Å². The van der Waals surface area contributed by atoms with Gasteiger partial charge in [-0.2, -0.15) is 26.3 Å². The number of carboxylic acids is 2. The van der Waals surface area contributed by atoms with Gasteiger partial charge in [-0.15, -0.1) is 0 Å². The monoisotopic (exact) mass is 532 g/mol. The van der Waals surface area contributed by atoms with Crippen LogP contribution in [0.4, 0.5) is 37.0 Å². The molecule has 0 spiro atoms. The number of carbonyl (C=O) groups excluding carboxylic acids is 1. The van der Waals surface area contributed by atoms with Gasteiger partial charge in [0.25, 0.3) is 0 Å². The number of aliphatic carboxylic acids is 2. The zero-order valence-electron chi connectivity index (χ0n) is 19.4. The predicted molar refractivity (Wildman–Crippen MR) is 112 cm³/mol. The van der Waals surface area contributed by atoms with E-state index in [1.807, 2.05) is 19.9 Å². The van der Waals surface area contributed by atoms with E-state index in [0.717, 1.165) is 31.0 Å². The van der Waals surface area contributed by atoms with E-state index in [2.05, 4.69) is 28.5 Å². The van der Waals surface area contributed by atoms with Crippen molar-refractivity contribution in [2.75, 3.05) is 24.5 Å². The second-order valence-corrected chi connectivity index (χ2v) is 7.68. The second-order valence-electron chi connectivity index (χ2n) is 7.68. The van der Waals surface area contributed by atoms with E-state index in [4.69, 9.17) is 29.5 Å². The molecule has 1 fully saturated rings. The van der Waals surface area contributed by atoms with Crippen LogP contribution in [0.15, 0.2) is 12.1 Å². The molecule has 3 rings (SSSR count). The van der Waals surface area contributed by atoms with Gasteiger partial charge in [0.2, 0.25) is 0 Å². The summed E-state index contributed by atoms with van der Waals surface area (Å²) in [6.07, 6.45) is -9.88. The van der Waals surface area contributed by atoms with Crippen LogP contribution in [0, 0.1) is 0 Å². The van der Waals surface area contributed by atoms with E-state index in [1.165, 1.54) is 5.56 Å². The summed E-state index contributed by atoms with van der Waals surface area (Å²) >= 11 is 0. The topological polar surface area (TPSA) is 141 Å². The van der Waals surface area contributed by atoms with Crippen molar-refractivity contribution in [3.63, 3.8) is 0 Å². The molecule has 4 N–H and O–H groups in total. The molecular formula is C20H26F6N4O6. The number of nitrogens with zero attached hydrogens (tertiary/aromatic N) is 2. The summed E-state index contributed by atoms with van der Waals surface area (Å²) in [6.45, 7) is 8.48. The fraction of sp³-hybridized carbons (Fsp3) is 0.600. The lowest BCUT2D eigenvalue weighted by Crippen LogP contribution is -2.55. The Kier molecular flexibility index (Phi) is 10.8. The first kappa shape index (κ1) is 30.7. The van der Waals surface area contributed by atoms with Gasteiger partial charge in [-0.1, -0.05) is 6.07 Å². The third-order valence-corrected chi connectivity index (χ3v) is 4.87. The quantitative estimate of drug-likeness (QED) is 0.433. The van der Waals surface area contributed by atoms with E-state index in [9.17, 15) is 31.1 Å². The number of ether oxygens (including phenoxy) is 1. The number of halogens is 6. The van der Waals surface area contributed by atoms with Gasteiger partial charge in [-0.3, -0.25) is 0 Å². The van der Waals surface area contributed by atoms with Crippen LogP contribution in [-0.2, 0) is 20.7 Å². The standard InChI is InChI=1S/C16H24N4O2.2C2HF3O2/c1-4-18-16(21)22-11(3)14-6-5-12-7-13-9-17-8-10(2)20(13)15(12)19-14;2*3-2(4,5)1(6)7/h5-6,10-11,13,17H,4,7-9H2,1-3H3,(H,18,21);2*(H,6,7)/t10-,11+,13-;;/m1../s1. The van der Waals surface area contributed by atoms with E-state index in [-0.39, 0.29) is 6.10 Å². The van der Waals surface area contributed by atoms with Crippen LogP contribution < -0.4 is 15.5 Å². The van der Waals surface area contributed by atoms with Crippen molar-refractivity contribution in [1.82, 2.24) is 15.6 Å². The van der Waals surface area contributed by atoms with Crippen molar-refractivity contribution in [1.29, 1.82) is 0 Å². The number of alkyl halides is 6. The SMILES string of the molecule is CCNC(=O)O[C@@H](C)c1ccc2c(n1)N1[C@@H](CNC[C@H]1C)C2.O=C(O)C(F)(F)F.O=C(O)C(F)(F)F. The van der Waals surface area contributed by atoms with E-state index < -0.39 is 30.4 Å². The van der Waals surface area contributed by atoms with Gasteiger partial charge in [-0.05, 0) is 38.8 Å². The fourth-order valence-corrected chi connectivity index (χ4v) is 3.33. The largest absolute Gasteiger partial charge is 0.490 e. The Morgan fingerprint density at radius 3 is 2.14 bits per heavy atom. The number of amides is 1. The van der Waals surface area contributed by atoms with Gasteiger partial charge in [-0.25, -0.2) is 19.4 Å². The van der Waals surface area contributed by atoms with Crippen LogP contribution >= 0.6 is 0 Å². The van der Waals surface area contributed by atoms with Crippen LogP contribution in [0.2, 0.25) is 0 Å². The molecule has 3 heterocycles. The second kappa shape index (κ2) is 12.6. The Labute approximate surface area is 201 Å². The number of carbonyl (C=O) groups is 3. The third kappa shape index (κ3) is 9.05. The smallest absolute Gasteiger partial charge is 0.475 e. The Morgan fingerprint density at radius 1 is 1.14 bits per heavy atom. The summed E-state index contributed by atoms with van der Waals surface area (Å²) < 4.78 is 68.8. The molecule has 1 saturated heterocycles. The van der Waals surface area contributed by atoms with Gasteiger partial charge in [0, 0.05) is 31.7 Å². The molecule has 1 amide bonds. The van der Waals surface area contributed by atoms with Gasteiger partial charge in [0.05, 0.1) is 5.69 Å². The Hall–Kier alpha value is -3.30. The van der Waals surface area contributed by atoms with Crippen LogP contribution in [0.25, 0.3) is 0 Å². The molecular weight excluding hydrogens is 506 g/mol. The number of carboxylic acid groups (broad SMARTS) is 2. The maximum absolute atomic E-state index is 11.6. The zero-order valence-corrected chi connectivity index (χ0v) is 19.4. The lowest BCUT2D eigenvalue weighted by atomic mass is 10.1. The number of alkyl carbamates (subject to hydrolysis) is 1. The highest BCUT2D eigenvalue weighted by molar-refractivity contribution is 5.73. The highest BCUT2D eigenvalue weighted by atomic mass is 19.4. The highest BCUT2D eigenvalue weighted by Gasteiger charge is 2.39. The Bertz CT molecular complexity index is 903. The molecule has 1 aromatic rings. The van der Waals surface area contributed by atoms with E-state index in [1.54, 1.807) is 0 Å². The molecule has 0 unspecified atom stereocenters. The van der Waals surface area contributed by atoms with Crippen LogP contribution in [0.5, 0.6) is 0 Å². The van der Waals surface area contributed by atoms with Crippen LogP contribution in [0.3, 0.4) is 0 Å². The molecule has 0 aromatic carbocycles. The molecule has 10 nitrogen and oxygen atoms in total. The van der Waals surface area contributed by atoms with Crippen molar-refractivity contribution in [2.45, 2.75) is 57.7 Å². The number of rotatable bonds is 3. The number of hydrogen-bond acceptors (Lipinski definition) is 7. The first-order valence-electron chi connectivity index (χ1n) is 10.5. The molecule has 2 aliphatic heterocycles. The fourth-order valence-electron chi connectivity index (χ4n) is 3.33. The van der Waals surface area contributed by atoms with Gasteiger partial charge >= 0.3 is 30.4 Å². The zero-order chi connectivity index (χ0) is 27.8. The summed E-state index contributed by atoms with van der Waals surface area (Å²) in [7, 11) is 0. The average Bonchev–Trinajstić information content (AvgIpc) is 3.12. The molecule has 204 valence electrons. The van der Waals surface area contributed by atoms with E-state index >= 15 is 0 Å². The van der Waals surface area contributed by atoms with Crippen molar-refractivity contribution < 1.29 is 55.7 Å². The maximum atomic E-state index is 11.6. The molecule has 0 saturated carbocycles. The average molecular weight is 532 g/mol. The summed E-state index contributed by atoms with van der Waals surface area (Å²) in [6, 6.07) is 5.02. The minimum Gasteiger partial charge on any atom is -0.475 e. The van der Waals surface area contributed by atoms with Crippen molar-refractivity contribution in [3.05, 3.63) is 23.4 Å². The predicted octanol–water partition coefficient (Wildman–Crippen LogP) is 2.88.